The van der Waals surface area contributed by atoms with E-state index in [9.17, 15) is 18.4 Å². The topological polar surface area (TPSA) is 77.3 Å². The molecule has 0 unspecified atom stereocenters. The van der Waals surface area contributed by atoms with Crippen LogP contribution in [0, 0.1) is 5.92 Å². The zero-order valence-electron chi connectivity index (χ0n) is 12.7. The number of ether oxygens (including phenoxy) is 1. The lowest BCUT2D eigenvalue weighted by Gasteiger charge is -2.20. The third-order valence-electron chi connectivity index (χ3n) is 4.51. The van der Waals surface area contributed by atoms with Crippen LogP contribution in [0.15, 0.2) is 6.20 Å². The monoisotopic (exact) mass is 328 g/mol. The Hall–Kier alpha value is -2.06. The number of alkyl halides is 2. The van der Waals surface area contributed by atoms with Crippen LogP contribution in [0.1, 0.15) is 42.2 Å². The summed E-state index contributed by atoms with van der Waals surface area (Å²) in [5.74, 6) is -3.83. The molecular weight excluding hydrogens is 310 g/mol. The van der Waals surface area contributed by atoms with Gasteiger partial charge in [-0.1, -0.05) is 5.21 Å². The van der Waals surface area contributed by atoms with Gasteiger partial charge >= 0.3 is 5.97 Å². The second kappa shape index (κ2) is 5.86. The lowest BCUT2D eigenvalue weighted by atomic mass is 10.1. The number of rotatable bonds is 3. The summed E-state index contributed by atoms with van der Waals surface area (Å²) in [5.41, 5.74) is 0.112. The van der Waals surface area contributed by atoms with Gasteiger partial charge in [-0.05, 0) is 19.3 Å². The van der Waals surface area contributed by atoms with Crippen LogP contribution in [-0.2, 0) is 9.53 Å². The highest BCUT2D eigenvalue weighted by molar-refractivity contribution is 5.86. The summed E-state index contributed by atoms with van der Waals surface area (Å²) < 4.78 is 32.6. The van der Waals surface area contributed by atoms with E-state index < -0.39 is 18.4 Å². The molecule has 1 aliphatic carbocycles. The number of likely N-dealkylation sites (tertiary alicyclic amines) is 1. The molecule has 2 aliphatic rings. The van der Waals surface area contributed by atoms with Crippen molar-refractivity contribution in [2.75, 3.05) is 20.2 Å². The van der Waals surface area contributed by atoms with Gasteiger partial charge in [0.1, 0.15) is 0 Å². The molecule has 1 amide bonds. The average Bonchev–Trinajstić information content (AvgIpc) is 3.23. The predicted octanol–water partition coefficient (Wildman–Crippen LogP) is 1.27. The number of carbonyl (C=O) groups excluding carboxylic acids is 2. The van der Waals surface area contributed by atoms with Gasteiger partial charge in [0.2, 0.25) is 5.91 Å². The van der Waals surface area contributed by atoms with Crippen molar-refractivity contribution >= 4 is 11.9 Å². The molecule has 7 nitrogen and oxygen atoms in total. The van der Waals surface area contributed by atoms with E-state index in [0.29, 0.717) is 19.3 Å². The van der Waals surface area contributed by atoms with Crippen LogP contribution >= 0.6 is 0 Å². The lowest BCUT2D eigenvalue weighted by Crippen LogP contribution is -2.35. The normalized spacial score (nSPS) is 26.5. The summed E-state index contributed by atoms with van der Waals surface area (Å²) in [6.07, 6.45) is 3.07. The second-order valence-electron chi connectivity index (χ2n) is 6.10. The Bertz CT molecular complexity index is 619. The molecule has 0 radical (unpaired) electrons. The molecule has 126 valence electrons. The average molecular weight is 328 g/mol. The number of hydrogen-bond acceptors (Lipinski definition) is 5. The number of esters is 1. The van der Waals surface area contributed by atoms with Gasteiger partial charge in [0.25, 0.3) is 5.92 Å². The van der Waals surface area contributed by atoms with Crippen molar-refractivity contribution in [1.29, 1.82) is 0 Å². The van der Waals surface area contributed by atoms with Gasteiger partial charge in [-0.2, -0.15) is 0 Å². The fourth-order valence-electron chi connectivity index (χ4n) is 3.26. The number of halogens is 2. The molecule has 23 heavy (non-hydrogen) atoms. The molecule has 3 rings (SSSR count). The van der Waals surface area contributed by atoms with Crippen molar-refractivity contribution in [3.8, 4) is 0 Å². The third kappa shape index (κ3) is 3.18. The zero-order valence-corrected chi connectivity index (χ0v) is 12.7. The Balaban J connectivity index is 1.61. The van der Waals surface area contributed by atoms with Crippen molar-refractivity contribution in [2.45, 2.75) is 37.6 Å². The summed E-state index contributed by atoms with van der Waals surface area (Å²) in [7, 11) is 1.26. The molecule has 1 saturated heterocycles. The van der Waals surface area contributed by atoms with Crippen molar-refractivity contribution in [3.63, 3.8) is 0 Å². The number of amides is 1. The SMILES string of the molecule is COC(=O)c1cn([C@@H]2CC[C@H](C(=O)N3CCC(F)(F)C3)C2)nn1. The van der Waals surface area contributed by atoms with E-state index >= 15 is 0 Å². The molecule has 0 aromatic carbocycles. The standard InChI is InChI=1S/C14H18F2N4O3/c1-23-13(22)11-7-20(18-17-11)10-3-2-9(6-10)12(21)19-5-4-14(15,16)8-19/h7,9-10H,2-6,8H2,1H3/t9-,10+/m0/s1. The summed E-state index contributed by atoms with van der Waals surface area (Å²) in [6.45, 7) is -0.369. The Morgan fingerprint density at radius 1 is 1.39 bits per heavy atom. The second-order valence-corrected chi connectivity index (χ2v) is 6.10. The van der Waals surface area contributed by atoms with Crippen molar-refractivity contribution in [3.05, 3.63) is 11.9 Å². The maximum absolute atomic E-state index is 13.2. The first-order valence-corrected chi connectivity index (χ1v) is 7.56. The minimum absolute atomic E-state index is 0.0574. The maximum Gasteiger partial charge on any atom is 0.360 e. The van der Waals surface area contributed by atoms with Crippen molar-refractivity contribution in [2.24, 2.45) is 5.92 Å². The smallest absolute Gasteiger partial charge is 0.360 e. The van der Waals surface area contributed by atoms with Gasteiger partial charge in [-0.15, -0.1) is 5.10 Å². The van der Waals surface area contributed by atoms with E-state index in [1.165, 1.54) is 18.2 Å². The predicted molar refractivity (Wildman–Crippen MR) is 73.9 cm³/mol. The molecule has 1 aromatic heterocycles. The van der Waals surface area contributed by atoms with Gasteiger partial charge in [0, 0.05) is 18.9 Å². The van der Waals surface area contributed by atoms with E-state index in [0.717, 1.165) is 0 Å². The number of hydrogen-bond donors (Lipinski definition) is 0. The first-order chi connectivity index (χ1) is 10.9. The molecule has 0 bridgehead atoms. The fraction of sp³-hybridized carbons (Fsp3) is 0.714. The van der Waals surface area contributed by atoms with E-state index in [4.69, 9.17) is 0 Å². The largest absolute Gasteiger partial charge is 0.464 e. The fourth-order valence-corrected chi connectivity index (χ4v) is 3.26. The highest BCUT2D eigenvalue weighted by Gasteiger charge is 2.43. The van der Waals surface area contributed by atoms with Gasteiger partial charge in [-0.25, -0.2) is 18.3 Å². The first kappa shape index (κ1) is 15.8. The Kier molecular flexibility index (Phi) is 4.03. The van der Waals surface area contributed by atoms with Crippen LogP contribution in [0.3, 0.4) is 0 Å². The van der Waals surface area contributed by atoms with E-state index in [2.05, 4.69) is 15.0 Å². The number of aromatic nitrogens is 3. The van der Waals surface area contributed by atoms with Gasteiger partial charge in [-0.3, -0.25) is 4.79 Å². The molecule has 0 N–H and O–H groups in total. The van der Waals surface area contributed by atoms with Gasteiger partial charge in [0.15, 0.2) is 5.69 Å². The number of nitrogens with zero attached hydrogens (tertiary/aromatic N) is 4. The van der Waals surface area contributed by atoms with E-state index in [-0.39, 0.29) is 36.5 Å². The van der Waals surface area contributed by atoms with Gasteiger partial charge < -0.3 is 9.64 Å². The van der Waals surface area contributed by atoms with Crippen LogP contribution < -0.4 is 0 Å². The van der Waals surface area contributed by atoms with Crippen LogP contribution in [0.25, 0.3) is 0 Å². The molecule has 2 fully saturated rings. The molecule has 1 aliphatic heterocycles. The highest BCUT2D eigenvalue weighted by atomic mass is 19.3. The molecule has 2 heterocycles. The van der Waals surface area contributed by atoms with Crippen LogP contribution in [0.5, 0.6) is 0 Å². The Morgan fingerprint density at radius 2 is 2.17 bits per heavy atom. The summed E-state index contributed by atoms with van der Waals surface area (Å²) in [4.78, 5) is 25.0. The Morgan fingerprint density at radius 3 is 2.83 bits per heavy atom. The van der Waals surface area contributed by atoms with E-state index in [1.807, 2.05) is 0 Å². The quantitative estimate of drug-likeness (QED) is 0.781. The highest BCUT2D eigenvalue weighted by Crippen LogP contribution is 2.37. The van der Waals surface area contributed by atoms with Crippen LogP contribution in [0.2, 0.25) is 0 Å². The van der Waals surface area contributed by atoms with Crippen molar-refractivity contribution in [1.82, 2.24) is 19.9 Å². The molecule has 1 saturated carbocycles. The molecule has 1 aromatic rings. The lowest BCUT2D eigenvalue weighted by molar-refractivity contribution is -0.135. The van der Waals surface area contributed by atoms with E-state index in [1.54, 1.807) is 4.68 Å². The number of methoxy groups -OCH3 is 1. The molecular formula is C14H18F2N4O3. The molecule has 2 atom stereocenters. The minimum atomic E-state index is -2.77. The Labute approximate surface area is 131 Å². The molecule has 9 heteroatoms. The van der Waals surface area contributed by atoms with Crippen molar-refractivity contribution < 1.29 is 23.1 Å². The van der Waals surface area contributed by atoms with Crippen LogP contribution in [0.4, 0.5) is 8.78 Å². The summed E-state index contributed by atoms with van der Waals surface area (Å²) >= 11 is 0. The van der Waals surface area contributed by atoms with Gasteiger partial charge in [0.05, 0.1) is 25.9 Å². The maximum atomic E-state index is 13.2. The summed E-state index contributed by atoms with van der Waals surface area (Å²) in [6, 6.07) is -0.0574. The molecule has 0 spiro atoms. The number of carbonyl (C=O) groups is 2. The van der Waals surface area contributed by atoms with Crippen LogP contribution in [-0.4, -0.2) is 57.9 Å². The summed E-state index contributed by atoms with van der Waals surface area (Å²) in [5, 5.41) is 7.64. The third-order valence-corrected chi connectivity index (χ3v) is 4.51. The first-order valence-electron chi connectivity index (χ1n) is 7.56. The zero-order chi connectivity index (χ0) is 16.6. The minimum Gasteiger partial charge on any atom is -0.464 e.